The standard InChI is InChI=1S/C22H22N4O3/c1-26(13-16-10-11-19(27-2)22-18(16)9-6-12-23-22)14-21-24-20(25-29-21)15-28-17-7-4-3-5-8-17/h3-12H,13-15H2,1-2H3. The predicted octanol–water partition coefficient (Wildman–Crippen LogP) is 3.84. The van der Waals surface area contributed by atoms with E-state index in [-0.39, 0.29) is 6.61 Å². The summed E-state index contributed by atoms with van der Waals surface area (Å²) in [6.45, 7) is 1.52. The van der Waals surface area contributed by atoms with Gasteiger partial charge < -0.3 is 14.0 Å². The van der Waals surface area contributed by atoms with Crippen LogP contribution in [0.4, 0.5) is 0 Å². The van der Waals surface area contributed by atoms with Crippen LogP contribution in [0.5, 0.6) is 11.5 Å². The van der Waals surface area contributed by atoms with E-state index in [4.69, 9.17) is 14.0 Å². The van der Waals surface area contributed by atoms with Crippen molar-refractivity contribution < 1.29 is 14.0 Å². The van der Waals surface area contributed by atoms with Gasteiger partial charge in [0.15, 0.2) is 6.61 Å². The van der Waals surface area contributed by atoms with Gasteiger partial charge in [0.1, 0.15) is 17.0 Å². The molecule has 0 amide bonds. The van der Waals surface area contributed by atoms with Crippen LogP contribution in [-0.4, -0.2) is 34.2 Å². The van der Waals surface area contributed by atoms with E-state index in [9.17, 15) is 0 Å². The summed E-state index contributed by atoms with van der Waals surface area (Å²) in [6.07, 6.45) is 1.77. The first-order valence-corrected chi connectivity index (χ1v) is 9.31. The molecule has 7 nitrogen and oxygen atoms in total. The minimum absolute atomic E-state index is 0.270. The van der Waals surface area contributed by atoms with Crippen LogP contribution in [0.2, 0.25) is 0 Å². The maximum Gasteiger partial charge on any atom is 0.240 e. The highest BCUT2D eigenvalue weighted by atomic mass is 16.5. The van der Waals surface area contributed by atoms with Crippen molar-refractivity contribution in [2.45, 2.75) is 19.7 Å². The van der Waals surface area contributed by atoms with Gasteiger partial charge in [0.2, 0.25) is 11.7 Å². The largest absolute Gasteiger partial charge is 0.494 e. The van der Waals surface area contributed by atoms with E-state index in [2.05, 4.69) is 32.2 Å². The molecule has 0 fully saturated rings. The van der Waals surface area contributed by atoms with Gasteiger partial charge in [-0.15, -0.1) is 0 Å². The number of hydrogen-bond donors (Lipinski definition) is 0. The molecule has 0 saturated carbocycles. The molecule has 2 aromatic heterocycles. The molecule has 0 saturated heterocycles. The van der Waals surface area contributed by atoms with Crippen LogP contribution in [0.3, 0.4) is 0 Å². The van der Waals surface area contributed by atoms with E-state index < -0.39 is 0 Å². The fourth-order valence-electron chi connectivity index (χ4n) is 3.16. The van der Waals surface area contributed by atoms with Crippen molar-refractivity contribution in [2.75, 3.05) is 14.2 Å². The van der Waals surface area contributed by atoms with E-state index in [1.807, 2.05) is 49.5 Å². The third-order valence-electron chi connectivity index (χ3n) is 4.51. The minimum atomic E-state index is 0.270. The number of benzene rings is 2. The first kappa shape index (κ1) is 18.9. The predicted molar refractivity (Wildman–Crippen MR) is 109 cm³/mol. The third kappa shape index (κ3) is 4.52. The lowest BCUT2D eigenvalue weighted by Crippen LogP contribution is -2.17. The van der Waals surface area contributed by atoms with E-state index in [0.29, 0.717) is 24.8 Å². The molecule has 0 aliphatic carbocycles. The smallest absolute Gasteiger partial charge is 0.240 e. The van der Waals surface area contributed by atoms with Crippen LogP contribution in [0, 0.1) is 0 Å². The number of pyridine rings is 1. The van der Waals surface area contributed by atoms with Crippen molar-refractivity contribution >= 4 is 10.9 Å². The molecule has 29 heavy (non-hydrogen) atoms. The van der Waals surface area contributed by atoms with Crippen LogP contribution in [0.15, 0.2) is 65.3 Å². The second kappa shape index (κ2) is 8.70. The second-order valence-corrected chi connectivity index (χ2v) is 6.70. The molecule has 2 heterocycles. The molecule has 0 radical (unpaired) electrons. The average molecular weight is 390 g/mol. The SMILES string of the molecule is COc1ccc(CN(C)Cc2nc(COc3ccccc3)no2)c2cccnc12. The number of ether oxygens (including phenoxy) is 2. The zero-order chi connectivity index (χ0) is 20.1. The van der Waals surface area contributed by atoms with Gasteiger partial charge in [0.25, 0.3) is 0 Å². The number of methoxy groups -OCH3 is 1. The lowest BCUT2D eigenvalue weighted by atomic mass is 10.1. The molecular formula is C22H22N4O3. The number of aromatic nitrogens is 3. The van der Waals surface area contributed by atoms with E-state index in [1.54, 1.807) is 13.3 Å². The minimum Gasteiger partial charge on any atom is -0.494 e. The van der Waals surface area contributed by atoms with Crippen molar-refractivity contribution in [3.05, 3.63) is 78.1 Å². The number of nitrogens with zero attached hydrogens (tertiary/aromatic N) is 4. The zero-order valence-corrected chi connectivity index (χ0v) is 16.4. The van der Waals surface area contributed by atoms with Crippen molar-refractivity contribution in [3.8, 4) is 11.5 Å². The summed E-state index contributed by atoms with van der Waals surface area (Å²) in [7, 11) is 3.67. The van der Waals surface area contributed by atoms with E-state index >= 15 is 0 Å². The normalized spacial score (nSPS) is 11.1. The molecule has 0 bridgehead atoms. The summed E-state index contributed by atoms with van der Waals surface area (Å²) < 4.78 is 16.4. The van der Waals surface area contributed by atoms with Crippen LogP contribution in [0.1, 0.15) is 17.3 Å². The van der Waals surface area contributed by atoms with Gasteiger partial charge in [0, 0.05) is 18.1 Å². The van der Waals surface area contributed by atoms with Crippen molar-refractivity contribution in [1.82, 2.24) is 20.0 Å². The van der Waals surface area contributed by atoms with Gasteiger partial charge in [-0.3, -0.25) is 9.88 Å². The quantitative estimate of drug-likeness (QED) is 0.452. The molecule has 148 valence electrons. The Balaban J connectivity index is 1.40. The molecule has 0 aliphatic heterocycles. The molecule has 4 rings (SSSR count). The Morgan fingerprint density at radius 2 is 1.86 bits per heavy atom. The lowest BCUT2D eigenvalue weighted by Gasteiger charge is -2.16. The monoisotopic (exact) mass is 390 g/mol. The highest BCUT2D eigenvalue weighted by Crippen LogP contribution is 2.27. The summed E-state index contributed by atoms with van der Waals surface area (Å²) in [5.41, 5.74) is 2.02. The van der Waals surface area contributed by atoms with E-state index in [0.717, 1.165) is 28.0 Å². The Labute approximate surface area is 168 Å². The molecule has 4 aromatic rings. The topological polar surface area (TPSA) is 73.5 Å². The average Bonchev–Trinajstić information content (AvgIpc) is 3.20. The highest BCUT2D eigenvalue weighted by molar-refractivity contribution is 5.87. The first-order valence-electron chi connectivity index (χ1n) is 9.31. The molecule has 2 aromatic carbocycles. The summed E-state index contributed by atoms with van der Waals surface area (Å²) in [4.78, 5) is 11.0. The van der Waals surface area contributed by atoms with Crippen LogP contribution in [-0.2, 0) is 19.7 Å². The number of fused-ring (bicyclic) bond motifs is 1. The summed E-state index contributed by atoms with van der Waals surface area (Å²) in [5.74, 6) is 2.62. The van der Waals surface area contributed by atoms with Gasteiger partial charge >= 0.3 is 0 Å². The number of rotatable bonds is 8. The fourth-order valence-corrected chi connectivity index (χ4v) is 3.16. The maximum atomic E-state index is 5.66. The fraction of sp³-hybridized carbons (Fsp3) is 0.227. The van der Waals surface area contributed by atoms with Crippen LogP contribution < -0.4 is 9.47 Å². The molecule has 0 atom stereocenters. The van der Waals surface area contributed by atoms with Gasteiger partial charge in [-0.2, -0.15) is 4.98 Å². The maximum absolute atomic E-state index is 5.66. The number of para-hydroxylation sites is 1. The Bertz CT molecular complexity index is 1080. The summed E-state index contributed by atoms with van der Waals surface area (Å²) in [6, 6.07) is 17.6. The van der Waals surface area contributed by atoms with Gasteiger partial charge in [-0.05, 0) is 36.9 Å². The van der Waals surface area contributed by atoms with Gasteiger partial charge in [-0.25, -0.2) is 0 Å². The molecule has 0 spiro atoms. The Hall–Kier alpha value is -3.45. The van der Waals surface area contributed by atoms with Gasteiger partial charge in [-0.1, -0.05) is 35.5 Å². The van der Waals surface area contributed by atoms with Crippen LogP contribution >= 0.6 is 0 Å². The molecule has 7 heteroatoms. The Morgan fingerprint density at radius 3 is 2.69 bits per heavy atom. The Kier molecular flexibility index (Phi) is 5.67. The highest BCUT2D eigenvalue weighted by Gasteiger charge is 2.13. The van der Waals surface area contributed by atoms with Gasteiger partial charge in [0.05, 0.1) is 13.7 Å². The second-order valence-electron chi connectivity index (χ2n) is 6.70. The van der Waals surface area contributed by atoms with Crippen molar-refractivity contribution in [3.63, 3.8) is 0 Å². The number of hydrogen-bond acceptors (Lipinski definition) is 7. The molecule has 0 unspecified atom stereocenters. The van der Waals surface area contributed by atoms with Crippen molar-refractivity contribution in [1.29, 1.82) is 0 Å². The summed E-state index contributed by atoms with van der Waals surface area (Å²) in [5, 5.41) is 5.07. The Morgan fingerprint density at radius 1 is 1.00 bits per heavy atom. The summed E-state index contributed by atoms with van der Waals surface area (Å²) >= 11 is 0. The van der Waals surface area contributed by atoms with E-state index in [1.165, 1.54) is 0 Å². The molecule has 0 aliphatic rings. The molecule has 0 N–H and O–H groups in total. The lowest BCUT2D eigenvalue weighted by molar-refractivity contribution is 0.257. The van der Waals surface area contributed by atoms with Crippen molar-refractivity contribution in [2.24, 2.45) is 0 Å². The van der Waals surface area contributed by atoms with Crippen LogP contribution in [0.25, 0.3) is 10.9 Å². The third-order valence-corrected chi connectivity index (χ3v) is 4.51. The zero-order valence-electron chi connectivity index (χ0n) is 16.4. The molecular weight excluding hydrogens is 368 g/mol. The first-order chi connectivity index (χ1) is 14.2.